The van der Waals surface area contributed by atoms with E-state index in [0.717, 1.165) is 21.8 Å². The zero-order chi connectivity index (χ0) is 17.4. The van der Waals surface area contributed by atoms with Crippen LogP contribution in [-0.4, -0.2) is 15.8 Å². The Bertz CT molecular complexity index is 820. The molecule has 0 radical (unpaired) electrons. The SMILES string of the molecule is C[S+]([O-])C(c1ccccc1)(c1ccccc1)c1nc(C2CC2)sc1Cl. The van der Waals surface area contributed by atoms with E-state index in [2.05, 4.69) is 0 Å². The van der Waals surface area contributed by atoms with Crippen molar-refractivity contribution >= 4 is 34.1 Å². The first-order chi connectivity index (χ1) is 12.1. The fraction of sp³-hybridized carbons (Fsp3) is 0.250. The van der Waals surface area contributed by atoms with Gasteiger partial charge in [0, 0.05) is 17.0 Å². The van der Waals surface area contributed by atoms with Gasteiger partial charge < -0.3 is 4.55 Å². The molecule has 1 unspecified atom stereocenters. The highest BCUT2D eigenvalue weighted by atomic mass is 35.5. The Hall–Kier alpha value is -1.33. The van der Waals surface area contributed by atoms with E-state index in [-0.39, 0.29) is 0 Å². The number of halogens is 1. The molecule has 0 bridgehead atoms. The molecule has 5 heteroatoms. The van der Waals surface area contributed by atoms with Crippen LogP contribution in [0.5, 0.6) is 0 Å². The molecule has 0 saturated heterocycles. The van der Waals surface area contributed by atoms with Crippen LogP contribution in [0.4, 0.5) is 0 Å². The Morgan fingerprint density at radius 2 is 1.56 bits per heavy atom. The lowest BCUT2D eigenvalue weighted by molar-refractivity contribution is 0.575. The monoisotopic (exact) mass is 387 g/mol. The average molecular weight is 388 g/mol. The van der Waals surface area contributed by atoms with Gasteiger partial charge in [-0.2, -0.15) is 0 Å². The lowest BCUT2D eigenvalue weighted by Crippen LogP contribution is -2.38. The molecule has 1 aromatic heterocycles. The highest BCUT2D eigenvalue weighted by Gasteiger charge is 2.50. The Morgan fingerprint density at radius 1 is 1.04 bits per heavy atom. The molecule has 2 aromatic carbocycles. The molecular formula is C20H18ClNOS2. The lowest BCUT2D eigenvalue weighted by Gasteiger charge is -2.33. The Balaban J connectivity index is 2.01. The van der Waals surface area contributed by atoms with Gasteiger partial charge in [-0.15, -0.1) is 11.3 Å². The standard InChI is InChI=1S/C20H18ClNOS2/c1-25(23)20(15-8-4-2-5-9-15,16-10-6-3-7-11-16)17-18(21)24-19(22-17)14-12-13-14/h2-11,14H,12-13H2,1H3. The molecule has 1 saturated carbocycles. The smallest absolute Gasteiger partial charge is 0.219 e. The number of benzene rings is 2. The highest BCUT2D eigenvalue weighted by Crippen LogP contribution is 2.50. The summed E-state index contributed by atoms with van der Waals surface area (Å²) in [5, 5.41) is 1.07. The molecule has 25 heavy (non-hydrogen) atoms. The van der Waals surface area contributed by atoms with Gasteiger partial charge in [-0.1, -0.05) is 72.3 Å². The van der Waals surface area contributed by atoms with Crippen molar-refractivity contribution in [2.45, 2.75) is 23.5 Å². The van der Waals surface area contributed by atoms with Crippen LogP contribution in [0.25, 0.3) is 0 Å². The normalized spacial score (nSPS) is 16.0. The van der Waals surface area contributed by atoms with Crippen LogP contribution in [0.3, 0.4) is 0 Å². The van der Waals surface area contributed by atoms with Crippen molar-refractivity contribution in [1.29, 1.82) is 0 Å². The third kappa shape index (κ3) is 2.91. The Morgan fingerprint density at radius 3 is 2.00 bits per heavy atom. The number of thiazole rings is 1. The first-order valence-corrected chi connectivity index (χ1v) is 11.0. The molecule has 1 aliphatic carbocycles. The second kappa shape index (κ2) is 6.76. The summed E-state index contributed by atoms with van der Waals surface area (Å²) in [7, 11) is 0. The van der Waals surface area contributed by atoms with Crippen LogP contribution < -0.4 is 0 Å². The van der Waals surface area contributed by atoms with Crippen molar-refractivity contribution in [3.05, 3.63) is 86.8 Å². The van der Waals surface area contributed by atoms with Gasteiger partial charge >= 0.3 is 0 Å². The molecule has 4 rings (SSSR count). The van der Waals surface area contributed by atoms with E-state index in [1.807, 2.05) is 60.7 Å². The van der Waals surface area contributed by atoms with E-state index in [4.69, 9.17) is 16.6 Å². The minimum atomic E-state index is -1.24. The third-order valence-corrected chi connectivity index (χ3v) is 7.60. The van der Waals surface area contributed by atoms with Crippen LogP contribution in [0.2, 0.25) is 4.34 Å². The predicted molar refractivity (Wildman–Crippen MR) is 106 cm³/mol. The molecule has 2 nitrogen and oxygen atoms in total. The first-order valence-electron chi connectivity index (χ1n) is 8.25. The topological polar surface area (TPSA) is 36.0 Å². The zero-order valence-corrected chi connectivity index (χ0v) is 16.2. The summed E-state index contributed by atoms with van der Waals surface area (Å²) in [6, 6.07) is 19.9. The fourth-order valence-electron chi connectivity index (χ4n) is 3.29. The van der Waals surface area contributed by atoms with E-state index >= 15 is 0 Å². The number of aromatic nitrogens is 1. The van der Waals surface area contributed by atoms with Gasteiger partial charge in [0.15, 0.2) is 0 Å². The van der Waals surface area contributed by atoms with Gasteiger partial charge in [0.05, 0.1) is 11.3 Å². The van der Waals surface area contributed by atoms with Gasteiger partial charge in [-0.05, 0) is 24.0 Å². The maximum Gasteiger partial charge on any atom is 0.219 e. The molecule has 0 N–H and O–H groups in total. The van der Waals surface area contributed by atoms with Gasteiger partial charge in [0.1, 0.15) is 10.0 Å². The number of rotatable bonds is 5. The number of nitrogens with zero attached hydrogens (tertiary/aromatic N) is 1. The zero-order valence-electron chi connectivity index (χ0n) is 13.8. The number of hydrogen-bond donors (Lipinski definition) is 0. The van der Waals surface area contributed by atoms with Crippen LogP contribution in [0.1, 0.15) is 40.6 Å². The highest BCUT2D eigenvalue weighted by molar-refractivity contribution is 7.92. The summed E-state index contributed by atoms with van der Waals surface area (Å²) in [5.41, 5.74) is 2.63. The maximum atomic E-state index is 13.2. The summed E-state index contributed by atoms with van der Waals surface area (Å²) in [6.45, 7) is 0. The second-order valence-electron chi connectivity index (χ2n) is 6.32. The van der Waals surface area contributed by atoms with Gasteiger partial charge in [0.25, 0.3) is 0 Å². The summed E-state index contributed by atoms with van der Waals surface area (Å²) in [5.74, 6) is 0.519. The van der Waals surface area contributed by atoms with Crippen molar-refractivity contribution in [3.8, 4) is 0 Å². The molecule has 1 heterocycles. The van der Waals surface area contributed by atoms with E-state index in [9.17, 15) is 4.55 Å². The molecule has 1 fully saturated rings. The van der Waals surface area contributed by atoms with E-state index in [1.165, 1.54) is 24.2 Å². The summed E-state index contributed by atoms with van der Waals surface area (Å²) in [4.78, 5) is 4.91. The van der Waals surface area contributed by atoms with Crippen LogP contribution in [0.15, 0.2) is 60.7 Å². The minimum absolute atomic E-state index is 0.519. The lowest BCUT2D eigenvalue weighted by atomic mass is 9.88. The van der Waals surface area contributed by atoms with Crippen LogP contribution in [-0.2, 0) is 15.9 Å². The maximum absolute atomic E-state index is 13.2. The van der Waals surface area contributed by atoms with Gasteiger partial charge in [0.2, 0.25) is 4.75 Å². The number of hydrogen-bond acceptors (Lipinski definition) is 3. The summed E-state index contributed by atoms with van der Waals surface area (Å²) >= 11 is 6.96. The molecule has 1 aliphatic rings. The molecule has 0 spiro atoms. The quantitative estimate of drug-likeness (QED) is 0.553. The van der Waals surface area contributed by atoms with Crippen molar-refractivity contribution < 1.29 is 4.55 Å². The summed E-state index contributed by atoms with van der Waals surface area (Å²) < 4.78 is 13.0. The third-order valence-electron chi connectivity index (χ3n) is 4.65. The molecule has 128 valence electrons. The predicted octanol–water partition coefficient (Wildman–Crippen LogP) is 5.34. The average Bonchev–Trinajstić information content (AvgIpc) is 3.41. The van der Waals surface area contributed by atoms with Crippen molar-refractivity contribution in [2.24, 2.45) is 0 Å². The van der Waals surface area contributed by atoms with Crippen molar-refractivity contribution in [1.82, 2.24) is 4.98 Å². The molecule has 1 atom stereocenters. The Labute approximate surface area is 160 Å². The summed E-state index contributed by atoms with van der Waals surface area (Å²) in [6.07, 6.45) is 4.08. The van der Waals surface area contributed by atoms with E-state index in [0.29, 0.717) is 10.3 Å². The molecule has 3 aromatic rings. The van der Waals surface area contributed by atoms with Crippen LogP contribution in [0, 0.1) is 0 Å². The van der Waals surface area contributed by atoms with E-state index < -0.39 is 15.9 Å². The van der Waals surface area contributed by atoms with E-state index in [1.54, 1.807) is 6.26 Å². The Kier molecular flexibility index (Phi) is 4.63. The van der Waals surface area contributed by atoms with Gasteiger partial charge in [-0.25, -0.2) is 4.98 Å². The first kappa shape index (κ1) is 17.1. The fourth-order valence-corrected chi connectivity index (χ4v) is 6.21. The van der Waals surface area contributed by atoms with Gasteiger partial charge in [-0.3, -0.25) is 0 Å². The molecule has 0 aliphatic heterocycles. The van der Waals surface area contributed by atoms with Crippen molar-refractivity contribution in [3.63, 3.8) is 0 Å². The second-order valence-corrected chi connectivity index (χ2v) is 9.47. The molecule has 0 amide bonds. The van der Waals surface area contributed by atoms with Crippen molar-refractivity contribution in [2.75, 3.05) is 6.26 Å². The largest absolute Gasteiger partial charge is 0.615 e. The minimum Gasteiger partial charge on any atom is -0.615 e. The van der Waals surface area contributed by atoms with Crippen LogP contribution >= 0.6 is 22.9 Å². The molecular weight excluding hydrogens is 370 g/mol.